The Balaban J connectivity index is 2.31. The van der Waals surface area contributed by atoms with E-state index in [4.69, 9.17) is 0 Å². The van der Waals surface area contributed by atoms with Gasteiger partial charge in [-0.05, 0) is 48.9 Å². The van der Waals surface area contributed by atoms with Crippen LogP contribution < -0.4 is 0 Å². The highest BCUT2D eigenvalue weighted by atomic mass is 79.9. The number of hydrogen-bond acceptors (Lipinski definition) is 3. The lowest BCUT2D eigenvalue weighted by Crippen LogP contribution is -2.29. The second kappa shape index (κ2) is 6.17. The van der Waals surface area contributed by atoms with Crippen molar-refractivity contribution in [3.8, 4) is 5.75 Å². The molecule has 1 atom stereocenters. The number of hydrogen-bond donors (Lipinski definition) is 1. The third kappa shape index (κ3) is 3.45. The van der Waals surface area contributed by atoms with E-state index in [2.05, 4.69) is 15.9 Å². The molecule has 1 N–H and O–H groups in total. The molecule has 1 unspecified atom stereocenters. The monoisotopic (exact) mass is 369 g/mol. The van der Waals surface area contributed by atoms with Crippen molar-refractivity contribution in [2.45, 2.75) is 17.9 Å². The Kier molecular flexibility index (Phi) is 4.70. The highest BCUT2D eigenvalue weighted by molar-refractivity contribution is 9.10. The predicted octanol–water partition coefficient (Wildman–Crippen LogP) is 3.54. The van der Waals surface area contributed by atoms with Crippen LogP contribution >= 0.6 is 15.9 Å². The molecule has 0 aliphatic rings. The van der Waals surface area contributed by atoms with Crippen LogP contribution in [0.3, 0.4) is 0 Å². The quantitative estimate of drug-likeness (QED) is 0.896. The lowest BCUT2D eigenvalue weighted by molar-refractivity contribution is 0.398. The van der Waals surface area contributed by atoms with E-state index in [1.165, 1.54) is 4.31 Å². The van der Waals surface area contributed by atoms with Gasteiger partial charge in [0.05, 0.1) is 4.90 Å². The van der Waals surface area contributed by atoms with Crippen molar-refractivity contribution in [2.24, 2.45) is 0 Å². The van der Waals surface area contributed by atoms with Gasteiger partial charge in [-0.3, -0.25) is 0 Å². The van der Waals surface area contributed by atoms with Gasteiger partial charge in [-0.2, -0.15) is 4.31 Å². The normalized spacial score (nSPS) is 13.3. The molecule has 4 nitrogen and oxygen atoms in total. The minimum absolute atomic E-state index is 0.157. The number of phenolic OH excluding ortho intramolecular Hbond substituents is 1. The van der Waals surface area contributed by atoms with Crippen LogP contribution in [0.15, 0.2) is 57.9 Å². The fourth-order valence-electron chi connectivity index (χ4n) is 1.94. The molecule has 0 aromatic heterocycles. The van der Waals surface area contributed by atoms with Crippen LogP contribution in [0.5, 0.6) is 5.75 Å². The number of benzene rings is 2. The number of phenols is 1. The number of sulfonamides is 1. The molecule has 2 rings (SSSR count). The summed E-state index contributed by atoms with van der Waals surface area (Å²) < 4.78 is 27.3. The Hall–Kier alpha value is -1.37. The minimum atomic E-state index is -3.56. The third-order valence-corrected chi connectivity index (χ3v) is 5.88. The Morgan fingerprint density at radius 2 is 1.57 bits per heavy atom. The van der Waals surface area contributed by atoms with Gasteiger partial charge in [-0.1, -0.05) is 28.1 Å². The van der Waals surface area contributed by atoms with Crippen molar-refractivity contribution in [1.29, 1.82) is 0 Å². The Morgan fingerprint density at radius 3 is 2.10 bits per heavy atom. The molecule has 0 amide bonds. The molecule has 0 heterocycles. The largest absolute Gasteiger partial charge is 0.508 e. The van der Waals surface area contributed by atoms with Crippen LogP contribution in [-0.2, 0) is 10.0 Å². The van der Waals surface area contributed by atoms with E-state index in [0.29, 0.717) is 0 Å². The van der Waals surface area contributed by atoms with Gasteiger partial charge >= 0.3 is 0 Å². The van der Waals surface area contributed by atoms with Crippen molar-refractivity contribution < 1.29 is 13.5 Å². The minimum Gasteiger partial charge on any atom is -0.508 e. The summed E-state index contributed by atoms with van der Waals surface area (Å²) in [6.45, 7) is 1.81. The fourth-order valence-corrected chi connectivity index (χ4v) is 3.56. The van der Waals surface area contributed by atoms with E-state index in [-0.39, 0.29) is 16.7 Å². The van der Waals surface area contributed by atoms with Gasteiger partial charge in [-0.15, -0.1) is 0 Å². The summed E-state index contributed by atoms with van der Waals surface area (Å²) in [5, 5.41) is 9.30. The molecule has 2 aromatic rings. The summed E-state index contributed by atoms with van der Waals surface area (Å²) in [4.78, 5) is 0.249. The molecule has 0 spiro atoms. The van der Waals surface area contributed by atoms with Gasteiger partial charge in [-0.25, -0.2) is 8.42 Å². The first-order valence-corrected chi connectivity index (χ1v) is 8.58. The van der Waals surface area contributed by atoms with E-state index in [1.807, 2.05) is 6.92 Å². The van der Waals surface area contributed by atoms with E-state index >= 15 is 0 Å². The average Bonchev–Trinajstić information content (AvgIpc) is 2.47. The number of halogens is 1. The predicted molar refractivity (Wildman–Crippen MR) is 85.6 cm³/mol. The van der Waals surface area contributed by atoms with E-state index < -0.39 is 10.0 Å². The van der Waals surface area contributed by atoms with Gasteiger partial charge < -0.3 is 5.11 Å². The smallest absolute Gasteiger partial charge is 0.243 e. The zero-order valence-corrected chi connectivity index (χ0v) is 14.1. The zero-order valence-electron chi connectivity index (χ0n) is 11.7. The summed E-state index contributed by atoms with van der Waals surface area (Å²) >= 11 is 3.29. The number of nitrogens with zero attached hydrogens (tertiary/aromatic N) is 1. The van der Waals surface area contributed by atoms with E-state index in [9.17, 15) is 13.5 Å². The molecule has 0 saturated carbocycles. The van der Waals surface area contributed by atoms with Crippen molar-refractivity contribution in [2.75, 3.05) is 7.05 Å². The Morgan fingerprint density at radius 1 is 1.05 bits per heavy atom. The molecule has 0 radical (unpaired) electrons. The fraction of sp³-hybridized carbons (Fsp3) is 0.200. The first-order chi connectivity index (χ1) is 9.82. The first kappa shape index (κ1) is 16.0. The summed E-state index contributed by atoms with van der Waals surface area (Å²) in [5.74, 6) is 0.157. The van der Waals surface area contributed by atoms with Gasteiger partial charge in [0.2, 0.25) is 10.0 Å². The van der Waals surface area contributed by atoms with Crippen molar-refractivity contribution in [1.82, 2.24) is 4.31 Å². The lowest BCUT2D eigenvalue weighted by Gasteiger charge is -2.24. The first-order valence-electron chi connectivity index (χ1n) is 6.35. The molecule has 0 fully saturated rings. The molecular formula is C15H16BrNO3S. The zero-order chi connectivity index (χ0) is 15.6. The standard InChI is InChI=1S/C15H16BrNO3S/c1-11(12-3-7-14(18)8-4-12)17(2)21(19,20)15-9-5-13(16)6-10-15/h3-11,18H,1-2H3. The Bertz CT molecular complexity index is 712. The van der Waals surface area contributed by atoms with E-state index in [0.717, 1.165) is 10.0 Å². The van der Waals surface area contributed by atoms with Crippen LogP contribution in [-0.4, -0.2) is 24.9 Å². The highest BCUT2D eigenvalue weighted by Gasteiger charge is 2.26. The summed E-state index contributed by atoms with van der Waals surface area (Å²) in [6.07, 6.45) is 0. The van der Waals surface area contributed by atoms with Crippen molar-refractivity contribution in [3.63, 3.8) is 0 Å². The molecule has 2 aromatic carbocycles. The molecule has 0 saturated heterocycles. The SMILES string of the molecule is CC(c1ccc(O)cc1)N(C)S(=O)(=O)c1ccc(Br)cc1. The van der Waals surface area contributed by atoms with Crippen LogP contribution in [0.25, 0.3) is 0 Å². The van der Waals surface area contributed by atoms with Gasteiger partial charge in [0, 0.05) is 17.6 Å². The van der Waals surface area contributed by atoms with Crippen LogP contribution in [0.2, 0.25) is 0 Å². The van der Waals surface area contributed by atoms with Crippen molar-refractivity contribution >= 4 is 26.0 Å². The van der Waals surface area contributed by atoms with Crippen LogP contribution in [0.1, 0.15) is 18.5 Å². The second-order valence-electron chi connectivity index (χ2n) is 4.74. The van der Waals surface area contributed by atoms with Gasteiger partial charge in [0.25, 0.3) is 0 Å². The topological polar surface area (TPSA) is 57.6 Å². The molecule has 0 aliphatic heterocycles. The third-order valence-electron chi connectivity index (χ3n) is 3.41. The van der Waals surface area contributed by atoms with E-state index in [1.54, 1.807) is 55.6 Å². The van der Waals surface area contributed by atoms with Gasteiger partial charge in [0.1, 0.15) is 5.75 Å². The second-order valence-corrected chi connectivity index (χ2v) is 7.66. The Labute approximate surface area is 133 Å². The summed E-state index contributed by atoms with van der Waals surface area (Å²) in [7, 11) is -2.01. The number of rotatable bonds is 4. The molecule has 0 aliphatic carbocycles. The summed E-state index contributed by atoms with van der Waals surface area (Å²) in [6, 6.07) is 12.7. The lowest BCUT2D eigenvalue weighted by atomic mass is 10.1. The van der Waals surface area contributed by atoms with Crippen molar-refractivity contribution in [3.05, 3.63) is 58.6 Å². The molecule has 21 heavy (non-hydrogen) atoms. The molecule has 112 valence electrons. The molecule has 0 bridgehead atoms. The van der Waals surface area contributed by atoms with Gasteiger partial charge in [0.15, 0.2) is 0 Å². The highest BCUT2D eigenvalue weighted by Crippen LogP contribution is 2.27. The maximum absolute atomic E-state index is 12.6. The molecule has 6 heteroatoms. The maximum Gasteiger partial charge on any atom is 0.243 e. The summed E-state index contributed by atoms with van der Waals surface area (Å²) in [5.41, 5.74) is 0.816. The number of aromatic hydroxyl groups is 1. The van der Waals surface area contributed by atoms with Crippen LogP contribution in [0.4, 0.5) is 0 Å². The van der Waals surface area contributed by atoms with Crippen LogP contribution in [0, 0.1) is 0 Å². The maximum atomic E-state index is 12.6. The molecular weight excluding hydrogens is 354 g/mol. The average molecular weight is 370 g/mol.